The zero-order valence-electron chi connectivity index (χ0n) is 9.44. The number of esters is 1. The number of hydrogen-bond donors (Lipinski definition) is 1. The zero-order chi connectivity index (χ0) is 12.8. The molecule has 88 valence electrons. The van der Waals surface area contributed by atoms with E-state index in [4.69, 9.17) is 10.5 Å². The number of carbonyl (C=O) groups is 2. The van der Waals surface area contributed by atoms with E-state index in [2.05, 4.69) is 16.6 Å². The maximum atomic E-state index is 11.3. The van der Waals surface area contributed by atoms with Gasteiger partial charge in [-0.3, -0.25) is 4.79 Å². The van der Waals surface area contributed by atoms with Crippen LogP contribution in [0.4, 0.5) is 0 Å². The first-order chi connectivity index (χ1) is 8.08. The Morgan fingerprint density at radius 2 is 2.00 bits per heavy atom. The summed E-state index contributed by atoms with van der Waals surface area (Å²) in [6.45, 7) is 0. The molecule has 17 heavy (non-hydrogen) atoms. The van der Waals surface area contributed by atoms with Gasteiger partial charge in [0.25, 0.3) is 5.91 Å². The Kier molecular flexibility index (Phi) is 4.12. The summed E-state index contributed by atoms with van der Waals surface area (Å²) in [4.78, 5) is 21.9. The molecule has 1 amide bonds. The molecule has 0 radical (unpaired) electrons. The number of nitrogens with two attached hydrogens (primary N) is 1. The summed E-state index contributed by atoms with van der Waals surface area (Å²) >= 11 is 0. The van der Waals surface area contributed by atoms with E-state index in [1.165, 1.54) is 20.3 Å². The Balaban J connectivity index is 3.21. The smallest absolute Gasteiger partial charge is 0.337 e. The van der Waals surface area contributed by atoms with Crippen molar-refractivity contribution >= 4 is 11.9 Å². The van der Waals surface area contributed by atoms with Gasteiger partial charge in [-0.15, -0.1) is 0 Å². The molecule has 0 bridgehead atoms. The van der Waals surface area contributed by atoms with E-state index in [0.29, 0.717) is 16.9 Å². The predicted octanol–water partition coefficient (Wildman–Crippen LogP) is 0.319. The summed E-state index contributed by atoms with van der Waals surface area (Å²) in [5.74, 6) is 3.91. The second-order valence-corrected chi connectivity index (χ2v) is 3.02. The van der Waals surface area contributed by atoms with Crippen molar-refractivity contribution < 1.29 is 19.1 Å². The van der Waals surface area contributed by atoms with Gasteiger partial charge in [0.15, 0.2) is 0 Å². The van der Waals surface area contributed by atoms with Crippen molar-refractivity contribution in [3.63, 3.8) is 0 Å². The summed E-state index contributed by atoms with van der Waals surface area (Å²) in [5.41, 5.74) is 5.63. The van der Waals surface area contributed by atoms with Crippen molar-refractivity contribution in [3.8, 4) is 17.6 Å². The highest BCUT2D eigenvalue weighted by atomic mass is 16.5. The largest absolute Gasteiger partial charge is 0.495 e. The van der Waals surface area contributed by atoms with Crippen LogP contribution in [0.25, 0.3) is 0 Å². The monoisotopic (exact) mass is 233 g/mol. The van der Waals surface area contributed by atoms with Gasteiger partial charge < -0.3 is 15.2 Å². The zero-order valence-corrected chi connectivity index (χ0v) is 9.44. The van der Waals surface area contributed by atoms with Crippen LogP contribution in [0, 0.1) is 11.8 Å². The van der Waals surface area contributed by atoms with Crippen LogP contribution in [0.1, 0.15) is 15.9 Å². The minimum absolute atomic E-state index is 0.321. The first kappa shape index (κ1) is 12.6. The number of methoxy groups -OCH3 is 2. The van der Waals surface area contributed by atoms with Crippen LogP contribution in [-0.2, 0) is 9.53 Å². The van der Waals surface area contributed by atoms with E-state index >= 15 is 0 Å². The lowest BCUT2D eigenvalue weighted by Gasteiger charge is -2.05. The number of rotatable bonds is 2. The molecule has 5 nitrogen and oxygen atoms in total. The third-order valence-corrected chi connectivity index (χ3v) is 1.94. The van der Waals surface area contributed by atoms with E-state index in [0.717, 1.165) is 0 Å². The lowest BCUT2D eigenvalue weighted by Crippen LogP contribution is -2.06. The summed E-state index contributed by atoms with van der Waals surface area (Å²) in [6, 6.07) is 4.58. The van der Waals surface area contributed by atoms with Crippen molar-refractivity contribution in [2.45, 2.75) is 0 Å². The molecule has 0 fully saturated rings. The molecule has 0 aromatic heterocycles. The molecule has 0 heterocycles. The molecule has 0 aliphatic carbocycles. The van der Waals surface area contributed by atoms with Crippen LogP contribution in [0.2, 0.25) is 0 Å². The molecule has 2 N–H and O–H groups in total. The lowest BCUT2D eigenvalue weighted by atomic mass is 10.1. The van der Waals surface area contributed by atoms with Gasteiger partial charge >= 0.3 is 5.97 Å². The fourth-order valence-electron chi connectivity index (χ4n) is 1.18. The van der Waals surface area contributed by atoms with Crippen molar-refractivity contribution in [1.29, 1.82) is 0 Å². The van der Waals surface area contributed by atoms with E-state index in [-0.39, 0.29) is 0 Å². The third-order valence-electron chi connectivity index (χ3n) is 1.94. The second-order valence-electron chi connectivity index (χ2n) is 3.02. The van der Waals surface area contributed by atoms with Gasteiger partial charge in [-0.2, -0.15) is 0 Å². The van der Waals surface area contributed by atoms with Crippen LogP contribution in [0.15, 0.2) is 18.2 Å². The highest BCUT2D eigenvalue weighted by molar-refractivity contribution is 5.93. The molecular weight excluding hydrogens is 222 g/mol. The third kappa shape index (κ3) is 3.24. The fourth-order valence-corrected chi connectivity index (χ4v) is 1.18. The summed E-state index contributed by atoms with van der Waals surface area (Å²) in [6.07, 6.45) is 0. The van der Waals surface area contributed by atoms with Crippen LogP contribution in [0.3, 0.4) is 0 Å². The lowest BCUT2D eigenvalue weighted by molar-refractivity contribution is -0.112. The Bertz CT molecular complexity index is 511. The van der Waals surface area contributed by atoms with Gasteiger partial charge in [0.05, 0.1) is 25.3 Å². The number of amides is 1. The summed E-state index contributed by atoms with van der Waals surface area (Å²) in [7, 11) is 2.74. The normalized spacial score (nSPS) is 8.82. The molecule has 0 aliphatic rings. The van der Waals surface area contributed by atoms with Gasteiger partial charge in [0.1, 0.15) is 5.75 Å². The minimum Gasteiger partial charge on any atom is -0.495 e. The van der Waals surface area contributed by atoms with Crippen molar-refractivity contribution in [2.24, 2.45) is 5.73 Å². The number of carbonyl (C=O) groups excluding carboxylic acids is 2. The number of primary amides is 1. The average molecular weight is 233 g/mol. The molecule has 0 saturated heterocycles. The van der Waals surface area contributed by atoms with Crippen LogP contribution >= 0.6 is 0 Å². The Labute approximate surface area is 98.5 Å². The Morgan fingerprint density at radius 1 is 1.29 bits per heavy atom. The second kappa shape index (κ2) is 5.56. The first-order valence-corrected chi connectivity index (χ1v) is 4.66. The number of hydrogen-bond acceptors (Lipinski definition) is 4. The van der Waals surface area contributed by atoms with Crippen LogP contribution in [0.5, 0.6) is 5.75 Å². The standard InChI is InChI=1S/C12H11NO4/c1-16-10-5-3-9(12(15)17-2)7-8(10)4-6-11(13)14/h3,5,7H,1-2H3,(H2,13,14). The molecule has 0 unspecified atom stereocenters. The quantitative estimate of drug-likeness (QED) is 0.589. The van der Waals surface area contributed by atoms with Gasteiger partial charge in [0.2, 0.25) is 0 Å². The molecule has 0 atom stereocenters. The predicted molar refractivity (Wildman–Crippen MR) is 60.4 cm³/mol. The molecular formula is C12H11NO4. The topological polar surface area (TPSA) is 78.6 Å². The first-order valence-electron chi connectivity index (χ1n) is 4.66. The van der Waals surface area contributed by atoms with Gasteiger partial charge in [0, 0.05) is 5.92 Å². The maximum Gasteiger partial charge on any atom is 0.337 e. The highest BCUT2D eigenvalue weighted by Crippen LogP contribution is 2.19. The van der Waals surface area contributed by atoms with Crippen molar-refractivity contribution in [1.82, 2.24) is 0 Å². The molecule has 0 aliphatic heterocycles. The molecule has 0 spiro atoms. The van der Waals surface area contributed by atoms with E-state index in [1.807, 2.05) is 0 Å². The highest BCUT2D eigenvalue weighted by Gasteiger charge is 2.08. The molecule has 1 rings (SSSR count). The van der Waals surface area contributed by atoms with Crippen molar-refractivity contribution in [2.75, 3.05) is 14.2 Å². The molecule has 1 aromatic rings. The average Bonchev–Trinajstić information content (AvgIpc) is 2.34. The molecule has 1 aromatic carbocycles. The van der Waals surface area contributed by atoms with E-state index in [1.54, 1.807) is 12.1 Å². The van der Waals surface area contributed by atoms with Gasteiger partial charge in [-0.05, 0) is 18.2 Å². The summed E-state index contributed by atoms with van der Waals surface area (Å²) in [5, 5.41) is 0. The Hall–Kier alpha value is -2.48. The number of ether oxygens (including phenoxy) is 2. The molecule has 5 heteroatoms. The van der Waals surface area contributed by atoms with Gasteiger partial charge in [-0.1, -0.05) is 5.92 Å². The van der Waals surface area contributed by atoms with E-state index < -0.39 is 11.9 Å². The van der Waals surface area contributed by atoms with Gasteiger partial charge in [-0.25, -0.2) is 4.79 Å². The minimum atomic E-state index is -0.754. The van der Waals surface area contributed by atoms with E-state index in [9.17, 15) is 9.59 Å². The fraction of sp³-hybridized carbons (Fsp3) is 0.167. The van der Waals surface area contributed by atoms with Crippen molar-refractivity contribution in [3.05, 3.63) is 29.3 Å². The Morgan fingerprint density at radius 3 is 2.53 bits per heavy atom. The van der Waals surface area contributed by atoms with Crippen LogP contribution < -0.4 is 10.5 Å². The SMILES string of the molecule is COC(=O)c1ccc(OC)c(C#CC(N)=O)c1. The maximum absolute atomic E-state index is 11.3. The van der Waals surface area contributed by atoms with Crippen LogP contribution in [-0.4, -0.2) is 26.1 Å². The molecule has 0 saturated carbocycles. The summed E-state index contributed by atoms with van der Waals surface area (Å²) < 4.78 is 9.61. The number of benzene rings is 1.